The van der Waals surface area contributed by atoms with E-state index >= 15 is 0 Å². The van der Waals surface area contributed by atoms with Gasteiger partial charge in [0.15, 0.2) is 5.78 Å². The molecule has 0 amide bonds. The second-order valence-electron chi connectivity index (χ2n) is 3.57. The second-order valence-corrected chi connectivity index (χ2v) is 3.57. The highest BCUT2D eigenvalue weighted by molar-refractivity contribution is 6.06. The molecule has 1 N–H and O–H groups in total. The molecule has 1 atom stereocenters. The fourth-order valence-electron chi connectivity index (χ4n) is 1.40. The Hall–Kier alpha value is -1.68. The van der Waals surface area contributed by atoms with Gasteiger partial charge < -0.3 is 9.84 Å². The lowest BCUT2D eigenvalue weighted by Crippen LogP contribution is -2.48. The Balaban J connectivity index is 2.97. The number of benzene rings is 1. The van der Waals surface area contributed by atoms with Gasteiger partial charge in [0.1, 0.15) is 0 Å². The van der Waals surface area contributed by atoms with E-state index in [4.69, 9.17) is 0 Å². The lowest BCUT2D eigenvalue weighted by molar-refractivity contribution is -0.167. The number of hydrogen-bond donors (Lipinski definition) is 1. The number of ketones is 1. The molecule has 86 valence electrons. The summed E-state index contributed by atoms with van der Waals surface area (Å²) in [5.41, 5.74) is -1.39. The zero-order valence-electron chi connectivity index (χ0n) is 9.27. The average Bonchev–Trinajstić information content (AvgIpc) is 2.28. The molecule has 1 unspecified atom stereocenters. The van der Waals surface area contributed by atoms with Crippen LogP contribution in [0.2, 0.25) is 0 Å². The van der Waals surface area contributed by atoms with Gasteiger partial charge in [0.25, 0.3) is 0 Å². The summed E-state index contributed by atoms with van der Waals surface area (Å²) in [4.78, 5) is 22.7. The Bertz CT molecular complexity index is 385. The fourth-order valence-corrected chi connectivity index (χ4v) is 1.40. The van der Waals surface area contributed by atoms with Crippen LogP contribution in [0.4, 0.5) is 0 Å². The molecular formula is C12H14O4. The van der Waals surface area contributed by atoms with E-state index in [9.17, 15) is 14.7 Å². The summed E-state index contributed by atoms with van der Waals surface area (Å²) in [6.07, 6.45) is -0.0736. The number of Topliss-reactive ketones (excluding diaryl/α,β-unsaturated/α-hetero) is 1. The van der Waals surface area contributed by atoms with Crippen molar-refractivity contribution in [2.24, 2.45) is 0 Å². The summed E-state index contributed by atoms with van der Waals surface area (Å²) < 4.78 is 4.44. The maximum atomic E-state index is 11.4. The van der Waals surface area contributed by atoms with Crippen molar-refractivity contribution in [3.63, 3.8) is 0 Å². The van der Waals surface area contributed by atoms with Gasteiger partial charge in [-0.1, -0.05) is 30.3 Å². The van der Waals surface area contributed by atoms with Crippen molar-refractivity contribution < 1.29 is 19.4 Å². The predicted octanol–water partition coefficient (Wildman–Crippen LogP) is 0.722. The molecule has 1 rings (SSSR count). The first-order valence-corrected chi connectivity index (χ1v) is 4.86. The van der Waals surface area contributed by atoms with Crippen LogP contribution in [-0.2, 0) is 20.7 Å². The number of hydrogen-bond acceptors (Lipinski definition) is 4. The molecule has 0 saturated carbocycles. The van der Waals surface area contributed by atoms with Gasteiger partial charge in [0.05, 0.1) is 7.11 Å². The topological polar surface area (TPSA) is 63.6 Å². The molecule has 0 saturated heterocycles. The van der Waals surface area contributed by atoms with E-state index in [-0.39, 0.29) is 6.42 Å². The van der Waals surface area contributed by atoms with Crippen LogP contribution in [0.25, 0.3) is 0 Å². The Kier molecular flexibility index (Phi) is 3.79. The van der Waals surface area contributed by atoms with Crippen molar-refractivity contribution >= 4 is 11.8 Å². The predicted molar refractivity (Wildman–Crippen MR) is 57.8 cm³/mol. The quantitative estimate of drug-likeness (QED) is 0.602. The van der Waals surface area contributed by atoms with E-state index in [1.807, 2.05) is 6.07 Å². The van der Waals surface area contributed by atoms with Crippen LogP contribution in [0.3, 0.4) is 0 Å². The first-order valence-electron chi connectivity index (χ1n) is 4.86. The normalized spacial score (nSPS) is 13.9. The van der Waals surface area contributed by atoms with Crippen LogP contribution in [0.5, 0.6) is 0 Å². The third kappa shape index (κ3) is 2.46. The van der Waals surface area contributed by atoms with Crippen LogP contribution < -0.4 is 0 Å². The summed E-state index contributed by atoms with van der Waals surface area (Å²) in [5.74, 6) is -1.55. The van der Waals surface area contributed by atoms with Crippen molar-refractivity contribution in [3.8, 4) is 0 Å². The van der Waals surface area contributed by atoms with Crippen molar-refractivity contribution in [1.29, 1.82) is 0 Å². The summed E-state index contributed by atoms with van der Waals surface area (Å²) in [6, 6.07) is 8.82. The Morgan fingerprint density at radius 2 is 1.88 bits per heavy atom. The van der Waals surface area contributed by atoms with Crippen molar-refractivity contribution in [2.45, 2.75) is 18.9 Å². The van der Waals surface area contributed by atoms with E-state index in [0.717, 1.165) is 7.11 Å². The zero-order valence-corrected chi connectivity index (χ0v) is 9.27. The van der Waals surface area contributed by atoms with Crippen LogP contribution in [0.15, 0.2) is 30.3 Å². The molecule has 0 aliphatic carbocycles. The SMILES string of the molecule is COC(=O)C(O)(Cc1ccccc1)C(C)=O. The molecule has 0 aliphatic heterocycles. The number of ether oxygens (including phenoxy) is 1. The number of rotatable bonds is 4. The van der Waals surface area contributed by atoms with Gasteiger partial charge >= 0.3 is 5.97 Å². The second kappa shape index (κ2) is 4.90. The monoisotopic (exact) mass is 222 g/mol. The highest BCUT2D eigenvalue weighted by atomic mass is 16.5. The largest absolute Gasteiger partial charge is 0.467 e. The minimum Gasteiger partial charge on any atom is -0.467 e. The van der Waals surface area contributed by atoms with Crippen molar-refractivity contribution in [2.75, 3.05) is 7.11 Å². The molecule has 0 bridgehead atoms. The summed E-state index contributed by atoms with van der Waals surface area (Å²) >= 11 is 0. The standard InChI is InChI=1S/C12H14O4/c1-9(13)12(15,11(14)16-2)8-10-6-4-3-5-7-10/h3-7,15H,8H2,1-2H3. The number of carbonyl (C=O) groups is 2. The van der Waals surface area contributed by atoms with E-state index in [2.05, 4.69) is 4.74 Å². The molecule has 0 spiro atoms. The van der Waals surface area contributed by atoms with Crippen molar-refractivity contribution in [1.82, 2.24) is 0 Å². The van der Waals surface area contributed by atoms with Gasteiger partial charge in [0, 0.05) is 6.42 Å². The Morgan fingerprint density at radius 1 is 1.31 bits per heavy atom. The molecule has 0 aromatic heterocycles. The minimum atomic E-state index is -2.09. The van der Waals surface area contributed by atoms with Gasteiger partial charge in [-0.15, -0.1) is 0 Å². The highest BCUT2D eigenvalue weighted by Crippen LogP contribution is 2.16. The molecule has 0 radical (unpaired) electrons. The van der Waals surface area contributed by atoms with E-state index in [1.165, 1.54) is 6.92 Å². The number of carbonyl (C=O) groups excluding carboxylic acids is 2. The zero-order chi connectivity index (χ0) is 12.2. The smallest absolute Gasteiger partial charge is 0.346 e. The van der Waals surface area contributed by atoms with Crippen LogP contribution in [-0.4, -0.2) is 29.6 Å². The molecule has 1 aromatic rings. The fraction of sp³-hybridized carbons (Fsp3) is 0.333. The molecule has 0 aliphatic rings. The summed E-state index contributed by atoms with van der Waals surface area (Å²) in [6.45, 7) is 1.17. The third-order valence-corrected chi connectivity index (χ3v) is 2.41. The average molecular weight is 222 g/mol. The molecule has 4 heteroatoms. The maximum absolute atomic E-state index is 11.4. The Labute approximate surface area is 93.9 Å². The number of esters is 1. The van der Waals surface area contributed by atoms with Gasteiger partial charge in [-0.05, 0) is 12.5 Å². The number of aliphatic hydroxyl groups is 1. The summed E-state index contributed by atoms with van der Waals surface area (Å²) in [5, 5.41) is 9.99. The summed E-state index contributed by atoms with van der Waals surface area (Å²) in [7, 11) is 1.14. The molecule has 0 fully saturated rings. The van der Waals surface area contributed by atoms with Crippen LogP contribution in [0.1, 0.15) is 12.5 Å². The first kappa shape index (κ1) is 12.4. The lowest BCUT2D eigenvalue weighted by Gasteiger charge is -2.22. The third-order valence-electron chi connectivity index (χ3n) is 2.41. The Morgan fingerprint density at radius 3 is 2.31 bits per heavy atom. The molecule has 16 heavy (non-hydrogen) atoms. The van der Waals surface area contributed by atoms with E-state index < -0.39 is 17.4 Å². The molecule has 0 heterocycles. The minimum absolute atomic E-state index is 0.0736. The molecule has 4 nitrogen and oxygen atoms in total. The molecular weight excluding hydrogens is 208 g/mol. The lowest BCUT2D eigenvalue weighted by atomic mass is 9.91. The van der Waals surface area contributed by atoms with E-state index in [0.29, 0.717) is 5.56 Å². The van der Waals surface area contributed by atoms with Gasteiger partial charge in [0.2, 0.25) is 5.60 Å². The van der Waals surface area contributed by atoms with Gasteiger partial charge in [-0.2, -0.15) is 0 Å². The van der Waals surface area contributed by atoms with Crippen LogP contribution in [0, 0.1) is 0 Å². The first-order chi connectivity index (χ1) is 7.50. The highest BCUT2D eigenvalue weighted by Gasteiger charge is 2.42. The number of methoxy groups -OCH3 is 1. The molecule has 1 aromatic carbocycles. The van der Waals surface area contributed by atoms with Crippen molar-refractivity contribution in [3.05, 3.63) is 35.9 Å². The van der Waals surface area contributed by atoms with Gasteiger partial charge in [-0.3, -0.25) is 4.79 Å². The maximum Gasteiger partial charge on any atom is 0.346 e. The van der Waals surface area contributed by atoms with Gasteiger partial charge in [-0.25, -0.2) is 4.79 Å². The van der Waals surface area contributed by atoms with Crippen LogP contribution >= 0.6 is 0 Å². The van der Waals surface area contributed by atoms with E-state index in [1.54, 1.807) is 24.3 Å².